The molecule has 1 aromatic rings. The van der Waals surface area contributed by atoms with Gasteiger partial charge in [0, 0.05) is 45.5 Å². The summed E-state index contributed by atoms with van der Waals surface area (Å²) >= 11 is 0. The molecule has 0 aliphatic heterocycles. The maximum absolute atomic E-state index is 12.5. The SMILES string of the molecule is CC(C#N)CN(C)C(=O)c1cc([N+](=O)[O-])ccc1N(C)C. The third-order valence-corrected chi connectivity index (χ3v) is 3.02. The first kappa shape index (κ1) is 16.4. The molecule has 1 rings (SSSR count). The lowest BCUT2D eigenvalue weighted by Crippen LogP contribution is -2.31. The standard InChI is InChI=1S/C14H18N4O3/c1-10(8-15)9-17(4)14(19)12-7-11(18(20)21)5-6-13(12)16(2)3/h5-7,10H,9H2,1-4H3. The Morgan fingerprint density at radius 3 is 2.52 bits per heavy atom. The molecule has 0 heterocycles. The molecular weight excluding hydrogens is 272 g/mol. The molecule has 1 unspecified atom stereocenters. The molecule has 0 radical (unpaired) electrons. The fraction of sp³-hybridized carbons (Fsp3) is 0.429. The lowest BCUT2D eigenvalue weighted by Gasteiger charge is -2.22. The third kappa shape index (κ3) is 3.92. The average molecular weight is 290 g/mol. The highest BCUT2D eigenvalue weighted by atomic mass is 16.6. The van der Waals surface area contributed by atoms with Crippen molar-refractivity contribution in [3.8, 4) is 6.07 Å². The molecule has 0 saturated carbocycles. The molecule has 112 valence electrons. The molecule has 0 aliphatic rings. The van der Waals surface area contributed by atoms with Crippen molar-refractivity contribution in [2.45, 2.75) is 6.92 Å². The Hall–Kier alpha value is -2.62. The number of benzene rings is 1. The smallest absolute Gasteiger partial charge is 0.270 e. The van der Waals surface area contributed by atoms with Crippen LogP contribution in [0.15, 0.2) is 18.2 Å². The maximum Gasteiger partial charge on any atom is 0.270 e. The largest absolute Gasteiger partial charge is 0.377 e. The Balaban J connectivity index is 3.19. The van der Waals surface area contributed by atoms with E-state index in [0.29, 0.717) is 5.69 Å². The van der Waals surface area contributed by atoms with Crippen LogP contribution in [0.4, 0.5) is 11.4 Å². The molecule has 0 saturated heterocycles. The molecule has 0 aliphatic carbocycles. The Bertz CT molecular complexity index is 592. The third-order valence-electron chi connectivity index (χ3n) is 3.02. The molecule has 7 heteroatoms. The molecule has 0 fully saturated rings. The first-order valence-electron chi connectivity index (χ1n) is 6.38. The van der Waals surface area contributed by atoms with Crippen molar-refractivity contribution < 1.29 is 9.72 Å². The summed E-state index contributed by atoms with van der Waals surface area (Å²) in [4.78, 5) is 25.9. The summed E-state index contributed by atoms with van der Waals surface area (Å²) in [6.07, 6.45) is 0. The summed E-state index contributed by atoms with van der Waals surface area (Å²) in [6.45, 7) is 1.98. The highest BCUT2D eigenvalue weighted by Gasteiger charge is 2.21. The van der Waals surface area contributed by atoms with E-state index in [2.05, 4.69) is 6.07 Å². The van der Waals surface area contributed by atoms with Crippen LogP contribution in [0.3, 0.4) is 0 Å². The van der Waals surface area contributed by atoms with Gasteiger partial charge in [-0.2, -0.15) is 5.26 Å². The fourth-order valence-electron chi connectivity index (χ4n) is 1.94. The number of hydrogen-bond donors (Lipinski definition) is 0. The van der Waals surface area contributed by atoms with E-state index in [0.717, 1.165) is 0 Å². The van der Waals surface area contributed by atoms with E-state index in [1.807, 2.05) is 0 Å². The first-order valence-corrected chi connectivity index (χ1v) is 6.38. The Kier molecular flexibility index (Phi) is 5.24. The molecule has 1 amide bonds. The second-order valence-electron chi connectivity index (χ2n) is 5.07. The minimum absolute atomic E-state index is 0.134. The Labute approximate surface area is 123 Å². The summed E-state index contributed by atoms with van der Waals surface area (Å²) in [6, 6.07) is 6.24. The number of carbonyl (C=O) groups is 1. The van der Waals surface area contributed by atoms with Gasteiger partial charge in [0.2, 0.25) is 0 Å². The second-order valence-corrected chi connectivity index (χ2v) is 5.07. The minimum atomic E-state index is -0.534. The van der Waals surface area contributed by atoms with Crippen LogP contribution in [-0.2, 0) is 0 Å². The first-order chi connectivity index (χ1) is 9.77. The van der Waals surface area contributed by atoms with E-state index in [1.165, 1.54) is 17.0 Å². The van der Waals surface area contributed by atoms with E-state index >= 15 is 0 Å². The van der Waals surface area contributed by atoms with E-state index in [1.54, 1.807) is 39.0 Å². The van der Waals surface area contributed by atoms with Crippen LogP contribution >= 0.6 is 0 Å². The summed E-state index contributed by atoms with van der Waals surface area (Å²) in [5, 5.41) is 19.7. The number of nitro benzene ring substituents is 1. The zero-order valence-electron chi connectivity index (χ0n) is 12.5. The van der Waals surface area contributed by atoms with Gasteiger partial charge in [0.15, 0.2) is 0 Å². The van der Waals surface area contributed by atoms with Crippen LogP contribution < -0.4 is 4.90 Å². The number of nitrogens with zero attached hydrogens (tertiary/aromatic N) is 4. The predicted octanol–water partition coefficient (Wildman–Crippen LogP) is 1.89. The summed E-state index contributed by atoms with van der Waals surface area (Å²) in [5.74, 6) is -0.648. The van der Waals surface area contributed by atoms with Crippen molar-refractivity contribution in [3.63, 3.8) is 0 Å². The number of carbonyl (C=O) groups excluding carboxylic acids is 1. The molecule has 7 nitrogen and oxygen atoms in total. The lowest BCUT2D eigenvalue weighted by molar-refractivity contribution is -0.384. The highest BCUT2D eigenvalue weighted by Crippen LogP contribution is 2.25. The van der Waals surface area contributed by atoms with Gasteiger partial charge in [0.1, 0.15) is 0 Å². The van der Waals surface area contributed by atoms with Gasteiger partial charge in [0.05, 0.1) is 22.5 Å². The highest BCUT2D eigenvalue weighted by molar-refractivity contribution is 6.00. The van der Waals surface area contributed by atoms with E-state index in [4.69, 9.17) is 5.26 Å². The quantitative estimate of drug-likeness (QED) is 0.610. The van der Waals surface area contributed by atoms with Gasteiger partial charge in [-0.05, 0) is 13.0 Å². The van der Waals surface area contributed by atoms with Gasteiger partial charge in [-0.25, -0.2) is 0 Å². The van der Waals surface area contributed by atoms with E-state index in [-0.39, 0.29) is 29.6 Å². The van der Waals surface area contributed by atoms with Crippen molar-refractivity contribution in [1.29, 1.82) is 5.26 Å². The normalized spacial score (nSPS) is 11.4. The summed E-state index contributed by atoms with van der Waals surface area (Å²) < 4.78 is 0. The second kappa shape index (κ2) is 6.70. The number of hydrogen-bond acceptors (Lipinski definition) is 5. The van der Waals surface area contributed by atoms with Gasteiger partial charge >= 0.3 is 0 Å². The van der Waals surface area contributed by atoms with Crippen LogP contribution in [0, 0.1) is 27.4 Å². The molecule has 0 bridgehead atoms. The van der Waals surface area contributed by atoms with Crippen molar-refractivity contribution >= 4 is 17.3 Å². The van der Waals surface area contributed by atoms with Crippen molar-refractivity contribution in [1.82, 2.24) is 4.90 Å². The zero-order chi connectivity index (χ0) is 16.2. The number of nitro groups is 1. The predicted molar refractivity (Wildman–Crippen MR) is 79.2 cm³/mol. The number of rotatable bonds is 5. The van der Waals surface area contributed by atoms with Gasteiger partial charge < -0.3 is 9.80 Å². The molecule has 0 aromatic heterocycles. The minimum Gasteiger partial charge on any atom is -0.377 e. The van der Waals surface area contributed by atoms with Gasteiger partial charge in [-0.15, -0.1) is 0 Å². The average Bonchev–Trinajstić information content (AvgIpc) is 2.45. The van der Waals surface area contributed by atoms with Crippen LogP contribution in [0.5, 0.6) is 0 Å². The van der Waals surface area contributed by atoms with Gasteiger partial charge in [-0.1, -0.05) is 0 Å². The molecular formula is C14H18N4O3. The van der Waals surface area contributed by atoms with E-state index < -0.39 is 4.92 Å². The Morgan fingerprint density at radius 1 is 1.43 bits per heavy atom. The van der Waals surface area contributed by atoms with E-state index in [9.17, 15) is 14.9 Å². The van der Waals surface area contributed by atoms with Gasteiger partial charge in [0.25, 0.3) is 11.6 Å². The molecule has 21 heavy (non-hydrogen) atoms. The van der Waals surface area contributed by atoms with Crippen LogP contribution in [0.1, 0.15) is 17.3 Å². The van der Waals surface area contributed by atoms with Crippen LogP contribution in [0.25, 0.3) is 0 Å². The maximum atomic E-state index is 12.5. The van der Waals surface area contributed by atoms with Crippen LogP contribution in [0.2, 0.25) is 0 Å². The monoisotopic (exact) mass is 290 g/mol. The van der Waals surface area contributed by atoms with Crippen molar-refractivity contribution in [3.05, 3.63) is 33.9 Å². The number of non-ortho nitro benzene ring substituents is 1. The number of nitriles is 1. The fourth-order valence-corrected chi connectivity index (χ4v) is 1.94. The summed E-state index contributed by atoms with van der Waals surface area (Å²) in [5.41, 5.74) is 0.717. The van der Waals surface area contributed by atoms with Gasteiger partial charge in [-0.3, -0.25) is 14.9 Å². The zero-order valence-corrected chi connectivity index (χ0v) is 12.5. The lowest BCUT2D eigenvalue weighted by atomic mass is 10.1. The number of anilines is 1. The molecule has 1 atom stereocenters. The number of amides is 1. The topological polar surface area (TPSA) is 90.5 Å². The molecule has 0 spiro atoms. The van der Waals surface area contributed by atoms with Crippen molar-refractivity contribution in [2.24, 2.45) is 5.92 Å². The van der Waals surface area contributed by atoms with Crippen LogP contribution in [-0.4, -0.2) is 43.4 Å². The molecule has 1 aromatic carbocycles. The summed E-state index contributed by atoms with van der Waals surface area (Å²) in [7, 11) is 5.10. The Morgan fingerprint density at radius 2 is 2.05 bits per heavy atom. The van der Waals surface area contributed by atoms with Crippen molar-refractivity contribution in [2.75, 3.05) is 32.6 Å². The molecule has 0 N–H and O–H groups in total.